The third kappa shape index (κ3) is 22.8. The fraction of sp³-hybridized carbons (Fsp3) is 0.662. The molecule has 2 aliphatic heterocycles. The number of aliphatic carboxylic acids is 1. The van der Waals surface area contributed by atoms with Crippen LogP contribution in [0.5, 0.6) is 0 Å². The number of nitrogens with one attached hydrogen (secondary N) is 8. The van der Waals surface area contributed by atoms with E-state index in [1.54, 1.807) is 77.9 Å². The number of para-hydroxylation sites is 2. The zero-order valence-electron chi connectivity index (χ0n) is 63.8. The van der Waals surface area contributed by atoms with E-state index in [9.17, 15) is 69.9 Å². The van der Waals surface area contributed by atoms with Gasteiger partial charge in [-0.25, -0.2) is 55.0 Å². The summed E-state index contributed by atoms with van der Waals surface area (Å²) in [5, 5.41) is 26.5. The fourth-order valence-electron chi connectivity index (χ4n) is 15.3. The number of fused-ring (bicyclic) bond motifs is 2. The van der Waals surface area contributed by atoms with E-state index < -0.39 is 138 Å². The lowest BCUT2D eigenvalue weighted by Crippen LogP contribution is -2.57. The van der Waals surface area contributed by atoms with Crippen LogP contribution in [-0.2, 0) is 72.5 Å². The van der Waals surface area contributed by atoms with Gasteiger partial charge in [0.15, 0.2) is 0 Å². The van der Waals surface area contributed by atoms with E-state index in [4.69, 9.17) is 23.7 Å². The van der Waals surface area contributed by atoms with E-state index in [1.165, 1.54) is 41.2 Å². The number of nitrogens with zero attached hydrogens (tertiary/aromatic N) is 2. The molecule has 602 valence electrons. The van der Waals surface area contributed by atoms with Gasteiger partial charge in [-0.1, -0.05) is 87.8 Å². The number of sulfonamides is 2. The molecule has 8 aliphatic rings. The Bertz CT molecular complexity index is 3890. The number of ether oxygens (including phenoxy) is 5. The number of methoxy groups -OCH3 is 1. The highest BCUT2D eigenvalue weighted by molar-refractivity contribution is 7.90. The number of unbranched alkanes of at least 4 members (excludes halogenated alkanes) is 8. The molecule has 2 saturated heterocycles. The summed E-state index contributed by atoms with van der Waals surface area (Å²) in [6.45, 7) is 19.7. The Kier molecular flexibility index (Phi) is 28.2. The van der Waals surface area contributed by atoms with Gasteiger partial charge in [-0.3, -0.25) is 29.0 Å². The molecule has 32 heteroatoms. The van der Waals surface area contributed by atoms with Gasteiger partial charge in [0.1, 0.15) is 68.4 Å². The van der Waals surface area contributed by atoms with Crippen LogP contribution in [0.25, 0.3) is 0 Å². The van der Waals surface area contributed by atoms with Gasteiger partial charge in [0.25, 0.3) is 31.9 Å². The van der Waals surface area contributed by atoms with E-state index in [1.807, 2.05) is 0 Å². The van der Waals surface area contributed by atoms with Gasteiger partial charge in [-0.15, -0.1) is 13.2 Å². The second-order valence-corrected chi connectivity index (χ2v) is 35.5. The van der Waals surface area contributed by atoms with Gasteiger partial charge in [0, 0.05) is 38.0 Å². The molecule has 12 atom stereocenters. The molecule has 2 aromatic carbocycles. The molecule has 0 bridgehead atoms. The van der Waals surface area contributed by atoms with Crippen molar-refractivity contribution in [1.29, 1.82) is 0 Å². The number of likely N-dealkylation sites (tertiary alicyclic amines) is 2. The molecule has 30 nitrogen and oxygen atoms in total. The van der Waals surface area contributed by atoms with Crippen molar-refractivity contribution in [3.05, 3.63) is 73.8 Å². The van der Waals surface area contributed by atoms with Crippen molar-refractivity contribution in [2.24, 2.45) is 35.5 Å². The second kappa shape index (κ2) is 36.4. The van der Waals surface area contributed by atoms with Crippen molar-refractivity contribution in [3.8, 4) is 0 Å². The number of amides is 8. The number of carboxylic acid groups (broad SMARTS) is 1. The van der Waals surface area contributed by atoms with E-state index in [0.717, 1.165) is 109 Å². The summed E-state index contributed by atoms with van der Waals surface area (Å²) in [7, 11) is -7.45. The average molecular weight is 1560 g/mol. The van der Waals surface area contributed by atoms with Crippen LogP contribution in [-0.4, -0.2) is 184 Å². The minimum Gasteiger partial charge on any atom is -0.480 e. The Balaban J connectivity index is 0.000000251. The molecule has 6 saturated carbocycles. The molecule has 9 N–H and O–H groups in total. The van der Waals surface area contributed by atoms with E-state index in [-0.39, 0.29) is 64.9 Å². The maximum absolute atomic E-state index is 13.7. The van der Waals surface area contributed by atoms with Crippen LogP contribution >= 0.6 is 0 Å². The quantitative estimate of drug-likeness (QED) is 0.0133. The van der Waals surface area contributed by atoms with E-state index in [0.29, 0.717) is 63.2 Å². The Morgan fingerprint density at radius 3 is 1.28 bits per heavy atom. The molecule has 10 rings (SSSR count). The summed E-state index contributed by atoms with van der Waals surface area (Å²) in [5.41, 5.74) is -3.91. The van der Waals surface area contributed by atoms with Gasteiger partial charge >= 0.3 is 36.3 Å². The maximum atomic E-state index is 13.7. The van der Waals surface area contributed by atoms with E-state index >= 15 is 0 Å². The zero-order valence-corrected chi connectivity index (χ0v) is 65.5. The number of anilines is 2. The van der Waals surface area contributed by atoms with Gasteiger partial charge in [-0.2, -0.15) is 0 Å². The molecular weight excluding hydrogens is 1450 g/mol. The van der Waals surface area contributed by atoms with Crippen LogP contribution in [0, 0.1) is 35.5 Å². The van der Waals surface area contributed by atoms with Crippen LogP contribution in [0.1, 0.15) is 196 Å². The lowest BCUT2D eigenvalue weighted by atomic mass is 10.1. The minimum atomic E-state index is -4.37. The number of esters is 1. The third-order valence-corrected chi connectivity index (χ3v) is 24.3. The van der Waals surface area contributed by atoms with Crippen LogP contribution < -0.4 is 41.3 Å². The number of benzene rings is 2. The summed E-state index contributed by atoms with van der Waals surface area (Å²) in [6.07, 6.45) is 17.8. The number of hydrogen-bond acceptors (Lipinski definition) is 21. The normalized spacial score (nSPS) is 25.0. The second-order valence-electron chi connectivity index (χ2n) is 32.2. The number of carbonyl (C=O) groups excluding carboxylic acids is 9. The largest absolute Gasteiger partial charge is 0.480 e. The van der Waals surface area contributed by atoms with Gasteiger partial charge in [0.2, 0.25) is 11.8 Å². The molecule has 8 amide bonds. The maximum Gasteiger partial charge on any atom is 0.410 e. The zero-order chi connectivity index (χ0) is 79.2. The highest BCUT2D eigenvalue weighted by Gasteiger charge is 2.66. The Morgan fingerprint density at radius 1 is 0.550 bits per heavy atom. The van der Waals surface area contributed by atoms with Crippen molar-refractivity contribution in [3.63, 3.8) is 0 Å². The lowest BCUT2D eigenvalue weighted by Gasteiger charge is -2.31. The summed E-state index contributed by atoms with van der Waals surface area (Å²) >= 11 is 0. The Hall–Kier alpha value is -8.68. The smallest absolute Gasteiger partial charge is 0.410 e. The number of carbonyl (C=O) groups is 10. The van der Waals surface area contributed by atoms with Crippen LogP contribution in [0.3, 0.4) is 0 Å². The Morgan fingerprint density at radius 2 is 0.917 bits per heavy atom. The first-order chi connectivity index (χ1) is 51.6. The molecule has 6 aliphatic carbocycles. The fourth-order valence-corrected chi connectivity index (χ4v) is 17.7. The van der Waals surface area contributed by atoms with Crippen LogP contribution in [0.15, 0.2) is 83.6 Å². The van der Waals surface area contributed by atoms with Crippen molar-refractivity contribution in [2.45, 2.75) is 264 Å². The molecule has 8 fully saturated rings. The molecule has 109 heavy (non-hydrogen) atoms. The van der Waals surface area contributed by atoms with Crippen molar-refractivity contribution >= 4 is 91.4 Å². The van der Waals surface area contributed by atoms with Gasteiger partial charge in [-0.05, 0) is 192 Å². The van der Waals surface area contributed by atoms with Gasteiger partial charge in [0.05, 0.1) is 18.5 Å². The number of hydrogen-bond donors (Lipinski definition) is 9. The first-order valence-electron chi connectivity index (χ1n) is 38.6. The highest BCUT2D eigenvalue weighted by atomic mass is 32.2. The Labute approximate surface area is 639 Å². The van der Waals surface area contributed by atoms with Crippen molar-refractivity contribution in [1.82, 2.24) is 40.5 Å². The summed E-state index contributed by atoms with van der Waals surface area (Å²) in [6, 6.07) is 9.08. The number of rotatable bonds is 36. The molecular formula is C77H112N10O20S2. The predicted octanol–water partition coefficient (Wildman–Crippen LogP) is 9.45. The minimum absolute atomic E-state index is 0.0466. The number of carboxylic acids is 1. The first-order valence-corrected chi connectivity index (χ1v) is 41.5. The standard InChI is InChI=1S/C39H57N5O10S.C38H55N5O10S/c1-6-26-23-39(26,42-33(45)32-28-22-25(28)24-44(32)37(49)54-38(2,3)4)35(47)43-55(50,51)31-20-14-13-18-29(31)40-21-15-9-7-8-10-19-30(34(46)52-5)41-36(48)53-27-16-11-12-17-27;1-5-25-22-38(25,41-32(44)31-27-21-24(27)23-43(31)36(49)53-37(2,3)4)34(47)42-54(50,51)30-19-13-12-17-28(30)39-20-14-8-6-7-9-18-29(33(45)46)40-35(48)52-26-15-10-11-16-26/h6,13-14,18,20,25-28,30,32,40H,1,7-12,15-17,19,21-24H2,2-5H3,(H,41,48)(H,42,45)(H,43,47);5,12-13,17,19,24-27,29,31,39H,1,6-11,14-16,18,20-23H2,2-4H3,(H,40,48)(H,41,44)(H,42,47)(H,45,46)/t25?,26-,28?,30+,32?,39-;24?,25-,27?,29+,31?,38-/m11/s1. The molecule has 2 heterocycles. The highest BCUT2D eigenvalue weighted by Crippen LogP contribution is 2.53. The molecule has 6 unspecified atom stereocenters. The molecule has 0 aromatic heterocycles. The van der Waals surface area contributed by atoms with E-state index in [2.05, 4.69) is 54.5 Å². The van der Waals surface area contributed by atoms with Crippen LogP contribution in [0.4, 0.5) is 30.6 Å². The monoisotopic (exact) mass is 1560 g/mol. The molecule has 0 spiro atoms. The van der Waals surface area contributed by atoms with Gasteiger partial charge < -0.3 is 60.7 Å². The number of piperidine rings is 2. The first kappa shape index (κ1) is 84.3. The number of alkyl carbamates (subject to hydrolysis) is 2. The topological polar surface area (TPSA) is 408 Å². The van der Waals surface area contributed by atoms with Crippen molar-refractivity contribution in [2.75, 3.05) is 43.9 Å². The SMILES string of the molecule is C=C[C@@H]1C[C@]1(NC(=O)C1C2CC2CN1C(=O)OC(C)(C)C)C(=O)NS(=O)(=O)c1ccccc1NCCCCCCC[C@H](NC(=O)OC1CCCC1)C(=O)O.C=C[C@@H]1C[C@]1(NC(=O)C1C2CC2CN1C(=O)OC(C)(C)C)C(=O)NS(=O)(=O)c1ccccc1NCCCCCCC[C@H](NC(=O)OC1CCCC1)C(=O)OC. The van der Waals surface area contributed by atoms with Crippen molar-refractivity contribution < 1.29 is 93.6 Å². The summed E-state index contributed by atoms with van der Waals surface area (Å²) in [5.74, 6) is -5.14. The predicted molar refractivity (Wildman–Crippen MR) is 402 cm³/mol. The third-order valence-electron chi connectivity index (χ3n) is 21.5. The lowest BCUT2D eigenvalue weighted by molar-refractivity contribution is -0.143. The summed E-state index contributed by atoms with van der Waals surface area (Å²) < 4.78 is 85.6. The molecule has 0 radical (unpaired) electrons. The summed E-state index contributed by atoms with van der Waals surface area (Å²) in [4.78, 5) is 131. The van der Waals surface area contributed by atoms with Crippen LogP contribution in [0.2, 0.25) is 0 Å². The average Bonchev–Trinajstić information content (AvgIpc) is 1.57. The molecule has 2 aromatic rings.